The van der Waals surface area contributed by atoms with E-state index >= 15 is 0 Å². The van der Waals surface area contributed by atoms with Crippen LogP contribution in [0.25, 0.3) is 0 Å². The molecule has 0 atom stereocenters. The molecule has 4 aromatic rings. The average molecular weight is 617 g/mol. The topological polar surface area (TPSA) is 149 Å². The smallest absolute Gasteiger partial charge is 0.178 e. The fraction of sp³-hybridized carbons (Fsp3) is 0.0526. The maximum atomic E-state index is 10.3. The summed E-state index contributed by atoms with van der Waals surface area (Å²) >= 11 is 0. The molecule has 8 heteroatoms. The van der Waals surface area contributed by atoms with E-state index in [9.17, 15) is 19.2 Å². The summed E-state index contributed by atoms with van der Waals surface area (Å²) in [7, 11) is 0. The van der Waals surface area contributed by atoms with E-state index in [-0.39, 0.29) is 46.1 Å². The minimum Gasteiger partial charge on any atom is -0.508 e. The molecule has 0 heterocycles. The normalized spacial score (nSPS) is 12.7. The van der Waals surface area contributed by atoms with E-state index in [1.54, 1.807) is 48.5 Å². The van der Waals surface area contributed by atoms with Crippen LogP contribution in [-0.4, -0.2) is 43.6 Å². The van der Waals surface area contributed by atoms with Crippen LogP contribution in [0.1, 0.15) is 22.3 Å². The second-order valence-corrected chi connectivity index (χ2v) is 9.96. The van der Waals surface area contributed by atoms with Gasteiger partial charge in [-0.1, -0.05) is 48.5 Å². The highest BCUT2D eigenvalue weighted by atomic mass is 16.3. The Labute approximate surface area is 266 Å². The molecule has 46 heavy (non-hydrogen) atoms. The Balaban J connectivity index is 0.000000174. The Morgan fingerprint density at radius 3 is 0.587 bits per heavy atom. The van der Waals surface area contributed by atoms with E-state index in [0.717, 1.165) is 35.1 Å². The van der Waals surface area contributed by atoms with Crippen molar-refractivity contribution in [2.45, 2.75) is 12.8 Å². The van der Waals surface area contributed by atoms with Crippen LogP contribution in [-0.2, 0) is 32.0 Å². The van der Waals surface area contributed by atoms with Gasteiger partial charge in [-0.2, -0.15) is 0 Å². The predicted molar refractivity (Wildman–Crippen MR) is 175 cm³/mol. The number of allylic oxidation sites excluding steroid dienone is 8. The monoisotopic (exact) mass is 616 g/mol. The minimum atomic E-state index is -0.121. The van der Waals surface area contributed by atoms with Crippen molar-refractivity contribution in [2.24, 2.45) is 0 Å². The van der Waals surface area contributed by atoms with Gasteiger partial charge in [0.2, 0.25) is 0 Å². The molecule has 0 fully saturated rings. The highest BCUT2D eigenvalue weighted by molar-refractivity contribution is 6.14. The standard InChI is InChI=1S/2C13H12O2.2C6H4O2/c2*14-12-5-1-10(2-6-12)9-11-3-7-13(15)8-4-11;2*7-5-1-2-6(8)4-3-5/h2*1-8,14-15H,9H2;2*1-4H. The molecular formula is C38H32O8. The largest absolute Gasteiger partial charge is 0.508 e. The number of carbonyl (C=O) groups excluding carboxylic acids is 4. The molecule has 0 amide bonds. The molecule has 2 aliphatic carbocycles. The van der Waals surface area contributed by atoms with Crippen LogP contribution in [0.4, 0.5) is 0 Å². The second kappa shape index (κ2) is 17.7. The van der Waals surface area contributed by atoms with Gasteiger partial charge in [-0.25, -0.2) is 0 Å². The number of phenols is 4. The van der Waals surface area contributed by atoms with Gasteiger partial charge in [0, 0.05) is 0 Å². The van der Waals surface area contributed by atoms with Crippen LogP contribution in [0.2, 0.25) is 0 Å². The van der Waals surface area contributed by atoms with Crippen molar-refractivity contribution in [1.82, 2.24) is 0 Å². The van der Waals surface area contributed by atoms with E-state index in [4.69, 9.17) is 20.4 Å². The third-order valence-electron chi connectivity index (χ3n) is 6.21. The molecule has 0 saturated carbocycles. The lowest BCUT2D eigenvalue weighted by Gasteiger charge is -2.02. The Morgan fingerprint density at radius 2 is 0.435 bits per heavy atom. The Bertz CT molecular complexity index is 1450. The maximum Gasteiger partial charge on any atom is 0.178 e. The summed E-state index contributed by atoms with van der Waals surface area (Å²) < 4.78 is 0. The fourth-order valence-electron chi connectivity index (χ4n) is 3.81. The van der Waals surface area contributed by atoms with Crippen molar-refractivity contribution in [3.05, 3.63) is 168 Å². The first-order chi connectivity index (χ1) is 22.0. The number of benzene rings is 4. The lowest BCUT2D eigenvalue weighted by atomic mass is 10.1. The van der Waals surface area contributed by atoms with Crippen molar-refractivity contribution in [2.75, 3.05) is 0 Å². The van der Waals surface area contributed by atoms with Crippen LogP contribution >= 0.6 is 0 Å². The number of carbonyl (C=O) groups is 4. The van der Waals surface area contributed by atoms with Gasteiger partial charge in [-0.05, 0) is 132 Å². The van der Waals surface area contributed by atoms with Crippen molar-refractivity contribution < 1.29 is 39.6 Å². The molecule has 232 valence electrons. The summed E-state index contributed by atoms with van der Waals surface area (Å²) in [5.41, 5.74) is 4.55. The zero-order chi connectivity index (χ0) is 33.3. The zero-order valence-electron chi connectivity index (χ0n) is 24.7. The third-order valence-corrected chi connectivity index (χ3v) is 6.21. The van der Waals surface area contributed by atoms with Crippen LogP contribution in [0.5, 0.6) is 23.0 Å². The van der Waals surface area contributed by atoms with Crippen LogP contribution in [0.15, 0.2) is 146 Å². The van der Waals surface area contributed by atoms with E-state index in [0.29, 0.717) is 0 Å². The predicted octanol–water partition coefficient (Wildman–Crippen LogP) is 5.88. The summed E-state index contributed by atoms with van der Waals surface area (Å²) in [6.07, 6.45) is 11.6. The lowest BCUT2D eigenvalue weighted by molar-refractivity contribution is -0.113. The summed E-state index contributed by atoms with van der Waals surface area (Å²) in [5.74, 6) is 0.645. The molecule has 8 nitrogen and oxygen atoms in total. The first-order valence-electron chi connectivity index (χ1n) is 14.1. The Morgan fingerprint density at radius 1 is 0.283 bits per heavy atom. The maximum absolute atomic E-state index is 10.3. The molecule has 0 saturated heterocycles. The Kier molecular flexibility index (Phi) is 13.2. The number of ketones is 4. The molecule has 0 unspecified atom stereocenters. The average Bonchev–Trinajstić information content (AvgIpc) is 3.05. The van der Waals surface area contributed by atoms with Gasteiger partial charge in [0.05, 0.1) is 0 Å². The van der Waals surface area contributed by atoms with E-state index < -0.39 is 0 Å². The van der Waals surface area contributed by atoms with E-state index in [2.05, 4.69) is 0 Å². The van der Waals surface area contributed by atoms with Gasteiger partial charge in [0.15, 0.2) is 23.1 Å². The van der Waals surface area contributed by atoms with Gasteiger partial charge in [-0.15, -0.1) is 0 Å². The Hall–Kier alpha value is -6.28. The van der Waals surface area contributed by atoms with Gasteiger partial charge in [-0.3, -0.25) is 19.2 Å². The zero-order valence-corrected chi connectivity index (χ0v) is 24.7. The number of hydrogen-bond donors (Lipinski definition) is 4. The number of aromatic hydroxyl groups is 4. The first-order valence-corrected chi connectivity index (χ1v) is 14.1. The van der Waals surface area contributed by atoms with Gasteiger partial charge >= 0.3 is 0 Å². The van der Waals surface area contributed by atoms with Crippen molar-refractivity contribution in [3.8, 4) is 23.0 Å². The summed E-state index contributed by atoms with van der Waals surface area (Å²) in [5, 5.41) is 36.5. The highest BCUT2D eigenvalue weighted by Crippen LogP contribution is 2.17. The fourth-order valence-corrected chi connectivity index (χ4v) is 3.81. The van der Waals surface area contributed by atoms with E-state index in [1.807, 2.05) is 48.5 Å². The van der Waals surface area contributed by atoms with Crippen molar-refractivity contribution in [1.29, 1.82) is 0 Å². The SMILES string of the molecule is O=C1C=CC(=O)C=C1.O=C1C=CC(=O)C=C1.Oc1ccc(Cc2ccc(O)cc2)cc1.Oc1ccc(Cc2ccc(O)cc2)cc1. The molecule has 6 rings (SSSR count). The minimum absolute atomic E-state index is 0.121. The molecule has 0 bridgehead atoms. The molecule has 0 radical (unpaired) electrons. The number of rotatable bonds is 4. The number of hydrogen-bond acceptors (Lipinski definition) is 8. The van der Waals surface area contributed by atoms with Gasteiger partial charge in [0.1, 0.15) is 23.0 Å². The quantitative estimate of drug-likeness (QED) is 0.208. The summed E-state index contributed by atoms with van der Waals surface area (Å²) in [6, 6.07) is 28.5. The summed E-state index contributed by atoms with van der Waals surface area (Å²) in [4.78, 5) is 41.1. The lowest BCUT2D eigenvalue weighted by Crippen LogP contribution is -1.97. The van der Waals surface area contributed by atoms with Gasteiger partial charge < -0.3 is 20.4 Å². The van der Waals surface area contributed by atoms with Crippen LogP contribution < -0.4 is 0 Å². The molecule has 4 N–H and O–H groups in total. The van der Waals surface area contributed by atoms with Crippen LogP contribution in [0.3, 0.4) is 0 Å². The van der Waals surface area contributed by atoms with Crippen molar-refractivity contribution >= 4 is 23.1 Å². The molecule has 0 aromatic heterocycles. The summed E-state index contributed by atoms with van der Waals surface area (Å²) in [6.45, 7) is 0. The molecule has 2 aliphatic rings. The second-order valence-electron chi connectivity index (χ2n) is 9.96. The first kappa shape index (κ1) is 34.2. The van der Waals surface area contributed by atoms with Crippen molar-refractivity contribution in [3.63, 3.8) is 0 Å². The molecule has 0 aliphatic heterocycles. The highest BCUT2D eigenvalue weighted by Gasteiger charge is 2.00. The van der Waals surface area contributed by atoms with Crippen LogP contribution in [0, 0.1) is 0 Å². The third kappa shape index (κ3) is 13.4. The van der Waals surface area contributed by atoms with E-state index in [1.165, 1.54) is 48.6 Å². The van der Waals surface area contributed by atoms with Gasteiger partial charge in [0.25, 0.3) is 0 Å². The number of phenolic OH excluding ortho intramolecular Hbond substituents is 4. The molecule has 4 aromatic carbocycles. The molecular weight excluding hydrogens is 584 g/mol. The molecule has 0 spiro atoms.